The predicted octanol–water partition coefficient (Wildman–Crippen LogP) is 2.84. The van der Waals surface area contributed by atoms with E-state index in [4.69, 9.17) is 10.7 Å². The van der Waals surface area contributed by atoms with Crippen LogP contribution in [0.2, 0.25) is 0 Å². The summed E-state index contributed by atoms with van der Waals surface area (Å²) in [7, 11) is 0.959. The van der Waals surface area contributed by atoms with Gasteiger partial charge < -0.3 is 0 Å². The molecule has 0 radical (unpaired) electrons. The molecular formula is C7H5BrClF2NO2S. The molecule has 3 nitrogen and oxygen atoms in total. The van der Waals surface area contributed by atoms with Crippen LogP contribution in [-0.2, 0) is 14.4 Å². The van der Waals surface area contributed by atoms with Gasteiger partial charge in [-0.15, -0.1) is 0 Å². The molecule has 0 aliphatic carbocycles. The summed E-state index contributed by atoms with van der Waals surface area (Å²) in [6.07, 6.45) is -1.78. The Balaban J connectivity index is 3.49. The molecule has 0 spiro atoms. The number of alkyl halides is 3. The fourth-order valence-electron chi connectivity index (χ4n) is 1.04. The van der Waals surface area contributed by atoms with Crippen molar-refractivity contribution in [3.8, 4) is 0 Å². The zero-order valence-electron chi connectivity index (χ0n) is 7.12. The first-order chi connectivity index (χ1) is 6.88. The SMILES string of the molecule is O=S(=O)(Cl)c1nccc(C(F)F)c1CBr. The molecule has 0 aromatic carbocycles. The second-order valence-corrected chi connectivity index (χ2v) is 5.60. The van der Waals surface area contributed by atoms with Crippen molar-refractivity contribution in [3.63, 3.8) is 0 Å². The molecule has 1 aromatic rings. The van der Waals surface area contributed by atoms with E-state index in [1.807, 2.05) is 0 Å². The van der Waals surface area contributed by atoms with E-state index in [2.05, 4.69) is 20.9 Å². The zero-order chi connectivity index (χ0) is 11.6. The minimum absolute atomic E-state index is 0.0538. The molecule has 0 bridgehead atoms. The van der Waals surface area contributed by atoms with E-state index in [1.165, 1.54) is 0 Å². The summed E-state index contributed by atoms with van der Waals surface area (Å²) >= 11 is 2.92. The number of hydrogen-bond acceptors (Lipinski definition) is 3. The Kier molecular flexibility index (Phi) is 4.02. The van der Waals surface area contributed by atoms with E-state index in [0.29, 0.717) is 0 Å². The van der Waals surface area contributed by atoms with E-state index in [0.717, 1.165) is 12.3 Å². The Hall–Kier alpha value is -0.270. The molecule has 0 saturated carbocycles. The van der Waals surface area contributed by atoms with Crippen LogP contribution in [0.4, 0.5) is 8.78 Å². The summed E-state index contributed by atoms with van der Waals surface area (Å²) < 4.78 is 47.0. The molecule has 1 heterocycles. The molecule has 0 fully saturated rings. The third-order valence-electron chi connectivity index (χ3n) is 1.65. The van der Waals surface area contributed by atoms with Crippen molar-refractivity contribution < 1.29 is 17.2 Å². The van der Waals surface area contributed by atoms with Gasteiger partial charge in [-0.3, -0.25) is 0 Å². The van der Waals surface area contributed by atoms with Crippen LogP contribution in [0.15, 0.2) is 17.3 Å². The highest BCUT2D eigenvalue weighted by Gasteiger charge is 2.23. The smallest absolute Gasteiger partial charge is 0.243 e. The maximum Gasteiger partial charge on any atom is 0.278 e. The lowest BCUT2D eigenvalue weighted by Gasteiger charge is -2.08. The van der Waals surface area contributed by atoms with Crippen molar-refractivity contribution in [3.05, 3.63) is 23.4 Å². The second-order valence-electron chi connectivity index (χ2n) is 2.56. The van der Waals surface area contributed by atoms with Gasteiger partial charge >= 0.3 is 0 Å². The fraction of sp³-hybridized carbons (Fsp3) is 0.286. The van der Waals surface area contributed by atoms with Crippen LogP contribution in [0, 0.1) is 0 Å². The normalized spacial score (nSPS) is 12.1. The van der Waals surface area contributed by atoms with Crippen LogP contribution in [0.25, 0.3) is 0 Å². The summed E-state index contributed by atoms with van der Waals surface area (Å²) in [6, 6.07) is 1.06. The van der Waals surface area contributed by atoms with Gasteiger partial charge in [0.15, 0.2) is 5.03 Å². The van der Waals surface area contributed by atoms with E-state index >= 15 is 0 Å². The largest absolute Gasteiger partial charge is 0.278 e. The molecule has 0 unspecified atom stereocenters. The maximum absolute atomic E-state index is 12.5. The van der Waals surface area contributed by atoms with Crippen LogP contribution < -0.4 is 0 Å². The lowest BCUT2D eigenvalue weighted by Crippen LogP contribution is -2.04. The number of rotatable bonds is 3. The molecule has 84 valence electrons. The average molecular weight is 321 g/mol. The van der Waals surface area contributed by atoms with Crippen molar-refractivity contribution in [2.45, 2.75) is 16.8 Å². The van der Waals surface area contributed by atoms with Crippen molar-refractivity contribution in [2.24, 2.45) is 0 Å². The third-order valence-corrected chi connectivity index (χ3v) is 3.47. The van der Waals surface area contributed by atoms with Gasteiger partial charge in [0, 0.05) is 33.3 Å². The van der Waals surface area contributed by atoms with Gasteiger partial charge in [-0.25, -0.2) is 22.2 Å². The zero-order valence-corrected chi connectivity index (χ0v) is 10.3. The van der Waals surface area contributed by atoms with Crippen LogP contribution >= 0.6 is 26.6 Å². The molecule has 8 heteroatoms. The van der Waals surface area contributed by atoms with E-state index in [9.17, 15) is 17.2 Å². The Morgan fingerprint density at radius 3 is 2.53 bits per heavy atom. The third kappa shape index (κ3) is 2.85. The molecule has 0 aliphatic rings. The van der Waals surface area contributed by atoms with Gasteiger partial charge in [0.2, 0.25) is 0 Å². The molecule has 0 aliphatic heterocycles. The van der Waals surface area contributed by atoms with Crippen molar-refractivity contribution >= 4 is 35.7 Å². The highest BCUT2D eigenvalue weighted by atomic mass is 79.9. The number of hydrogen-bond donors (Lipinski definition) is 0. The molecule has 0 atom stereocenters. The Bertz CT molecular complexity index is 466. The van der Waals surface area contributed by atoms with Crippen molar-refractivity contribution in [1.29, 1.82) is 0 Å². The molecular weight excluding hydrogens is 316 g/mol. The minimum Gasteiger partial charge on any atom is -0.243 e. The van der Waals surface area contributed by atoms with E-state index in [-0.39, 0.29) is 16.5 Å². The first-order valence-electron chi connectivity index (χ1n) is 3.64. The first-order valence-corrected chi connectivity index (χ1v) is 7.07. The maximum atomic E-state index is 12.5. The molecule has 1 aromatic heterocycles. The van der Waals surface area contributed by atoms with Gasteiger partial charge in [0.25, 0.3) is 15.5 Å². The van der Waals surface area contributed by atoms with Gasteiger partial charge in [-0.05, 0) is 6.07 Å². The number of nitrogens with zero attached hydrogens (tertiary/aromatic N) is 1. The summed E-state index contributed by atoms with van der Waals surface area (Å²) in [5, 5.41) is -0.583. The van der Waals surface area contributed by atoms with Crippen LogP contribution in [-0.4, -0.2) is 13.4 Å². The van der Waals surface area contributed by atoms with Crippen molar-refractivity contribution in [1.82, 2.24) is 4.98 Å². The standard InChI is InChI=1S/C7H5BrClF2NO2S/c8-3-5-4(6(10)11)1-2-12-7(5)15(9,13)14/h1-2,6H,3H2. The van der Waals surface area contributed by atoms with Crippen LogP contribution in [0.5, 0.6) is 0 Å². The molecule has 0 N–H and O–H groups in total. The predicted molar refractivity (Wildman–Crippen MR) is 54.9 cm³/mol. The fourth-order valence-corrected chi connectivity index (χ4v) is 2.88. The monoisotopic (exact) mass is 319 g/mol. The summed E-state index contributed by atoms with van der Waals surface area (Å²) in [6.45, 7) is 0. The van der Waals surface area contributed by atoms with Crippen LogP contribution in [0.1, 0.15) is 17.6 Å². The number of halogens is 4. The van der Waals surface area contributed by atoms with E-state index < -0.39 is 20.5 Å². The quantitative estimate of drug-likeness (QED) is 0.635. The van der Waals surface area contributed by atoms with E-state index in [1.54, 1.807) is 0 Å². The first kappa shape index (κ1) is 12.8. The van der Waals surface area contributed by atoms with Gasteiger partial charge in [0.1, 0.15) is 0 Å². The van der Waals surface area contributed by atoms with Crippen LogP contribution in [0.3, 0.4) is 0 Å². The molecule has 15 heavy (non-hydrogen) atoms. The lowest BCUT2D eigenvalue weighted by molar-refractivity contribution is 0.150. The summed E-state index contributed by atoms with van der Waals surface area (Å²) in [4.78, 5) is 3.48. The Morgan fingerprint density at radius 2 is 2.13 bits per heavy atom. The summed E-state index contributed by atoms with van der Waals surface area (Å²) in [5.41, 5.74) is -0.497. The van der Waals surface area contributed by atoms with Gasteiger partial charge in [-0.2, -0.15) is 0 Å². The van der Waals surface area contributed by atoms with Gasteiger partial charge in [0.05, 0.1) is 0 Å². The molecule has 0 amide bonds. The Morgan fingerprint density at radius 1 is 1.53 bits per heavy atom. The topological polar surface area (TPSA) is 47.0 Å². The summed E-state index contributed by atoms with van der Waals surface area (Å²) in [5.74, 6) is 0. The molecule has 0 saturated heterocycles. The lowest BCUT2D eigenvalue weighted by atomic mass is 10.2. The van der Waals surface area contributed by atoms with Crippen molar-refractivity contribution in [2.75, 3.05) is 0 Å². The second kappa shape index (κ2) is 4.71. The number of pyridine rings is 1. The average Bonchev–Trinajstić information content (AvgIpc) is 2.15. The molecule has 1 rings (SSSR count). The highest BCUT2D eigenvalue weighted by Crippen LogP contribution is 2.29. The Labute approximate surface area is 98.0 Å². The number of aromatic nitrogens is 1. The highest BCUT2D eigenvalue weighted by molar-refractivity contribution is 9.08. The van der Waals surface area contributed by atoms with Gasteiger partial charge in [-0.1, -0.05) is 15.9 Å². The minimum atomic E-state index is -4.10.